The Bertz CT molecular complexity index is 785. The number of carbonyl (C=O) groups excluding carboxylic acids is 2. The lowest BCUT2D eigenvalue weighted by Gasteiger charge is -2.10. The van der Waals surface area contributed by atoms with Crippen molar-refractivity contribution >= 4 is 11.9 Å². The Morgan fingerprint density at radius 1 is 1.36 bits per heavy atom. The van der Waals surface area contributed by atoms with E-state index in [1.165, 1.54) is 12.6 Å². The van der Waals surface area contributed by atoms with Gasteiger partial charge in [0.1, 0.15) is 0 Å². The van der Waals surface area contributed by atoms with Gasteiger partial charge in [0.15, 0.2) is 6.39 Å². The lowest BCUT2D eigenvalue weighted by atomic mass is 10.1. The van der Waals surface area contributed by atoms with E-state index < -0.39 is 5.97 Å². The SMILES string of the molecule is CCc1nn(CCCOC(=O)c2cnco2)c2c1C(=O)NCCCOCCC2. The number of nitrogens with zero attached hydrogens (tertiary/aromatic N) is 3. The third-order valence-electron chi connectivity index (χ3n) is 4.53. The average molecular weight is 390 g/mol. The first-order chi connectivity index (χ1) is 13.7. The van der Waals surface area contributed by atoms with Crippen LogP contribution in [-0.4, -0.2) is 53.0 Å². The van der Waals surface area contributed by atoms with Crippen molar-refractivity contribution in [1.29, 1.82) is 0 Å². The van der Waals surface area contributed by atoms with Gasteiger partial charge in [-0.1, -0.05) is 6.92 Å². The van der Waals surface area contributed by atoms with E-state index in [0.29, 0.717) is 51.1 Å². The highest BCUT2D eigenvalue weighted by Gasteiger charge is 2.23. The molecule has 9 nitrogen and oxygen atoms in total. The van der Waals surface area contributed by atoms with Gasteiger partial charge in [-0.15, -0.1) is 0 Å². The maximum absolute atomic E-state index is 12.7. The number of hydrogen-bond donors (Lipinski definition) is 1. The smallest absolute Gasteiger partial charge is 0.375 e. The number of oxazole rings is 1. The van der Waals surface area contributed by atoms with Gasteiger partial charge in [-0.25, -0.2) is 9.78 Å². The van der Waals surface area contributed by atoms with Crippen LogP contribution in [0, 0.1) is 0 Å². The van der Waals surface area contributed by atoms with Crippen LogP contribution in [0.1, 0.15) is 58.5 Å². The second kappa shape index (κ2) is 10.0. The number of amides is 1. The van der Waals surface area contributed by atoms with Gasteiger partial charge in [0.05, 0.1) is 29.8 Å². The molecule has 0 spiro atoms. The van der Waals surface area contributed by atoms with Crippen LogP contribution < -0.4 is 5.32 Å². The molecule has 152 valence electrons. The number of aromatic nitrogens is 3. The number of ether oxygens (including phenoxy) is 2. The van der Waals surface area contributed by atoms with Crippen molar-refractivity contribution < 1.29 is 23.5 Å². The lowest BCUT2D eigenvalue weighted by molar-refractivity contribution is 0.0458. The molecule has 2 aromatic heterocycles. The fourth-order valence-electron chi connectivity index (χ4n) is 3.18. The molecular weight excluding hydrogens is 364 g/mol. The Morgan fingerprint density at radius 3 is 3.00 bits per heavy atom. The summed E-state index contributed by atoms with van der Waals surface area (Å²) in [6, 6.07) is 0. The van der Waals surface area contributed by atoms with E-state index in [-0.39, 0.29) is 18.3 Å². The Morgan fingerprint density at radius 2 is 2.21 bits per heavy atom. The van der Waals surface area contributed by atoms with Crippen molar-refractivity contribution in [2.45, 2.75) is 45.6 Å². The van der Waals surface area contributed by atoms with Gasteiger partial charge in [-0.2, -0.15) is 5.10 Å². The summed E-state index contributed by atoms with van der Waals surface area (Å²) < 4.78 is 17.6. The van der Waals surface area contributed by atoms with Crippen LogP contribution in [0.4, 0.5) is 0 Å². The minimum atomic E-state index is -0.539. The molecule has 0 aromatic carbocycles. The Hall–Kier alpha value is -2.68. The summed E-state index contributed by atoms with van der Waals surface area (Å²) in [5, 5.41) is 7.61. The Labute approximate surface area is 163 Å². The summed E-state index contributed by atoms with van der Waals surface area (Å²) in [5.41, 5.74) is 2.40. The third-order valence-corrected chi connectivity index (χ3v) is 4.53. The molecule has 3 rings (SSSR count). The van der Waals surface area contributed by atoms with Gasteiger partial charge >= 0.3 is 5.97 Å². The van der Waals surface area contributed by atoms with Crippen LogP contribution in [0.5, 0.6) is 0 Å². The number of nitrogens with one attached hydrogen (secondary N) is 1. The molecule has 1 aliphatic rings. The second-order valence-corrected chi connectivity index (χ2v) is 6.53. The number of hydrogen-bond acceptors (Lipinski definition) is 7. The van der Waals surface area contributed by atoms with Crippen LogP contribution in [0.2, 0.25) is 0 Å². The zero-order chi connectivity index (χ0) is 19.8. The zero-order valence-corrected chi connectivity index (χ0v) is 16.1. The Balaban J connectivity index is 1.66. The molecule has 28 heavy (non-hydrogen) atoms. The number of fused-ring (bicyclic) bond motifs is 1. The molecule has 0 saturated heterocycles. The monoisotopic (exact) mass is 390 g/mol. The summed E-state index contributed by atoms with van der Waals surface area (Å²) >= 11 is 0. The molecule has 9 heteroatoms. The molecule has 0 bridgehead atoms. The zero-order valence-electron chi connectivity index (χ0n) is 16.1. The normalized spacial score (nSPS) is 15.4. The van der Waals surface area contributed by atoms with Crippen molar-refractivity contribution in [3.63, 3.8) is 0 Å². The lowest BCUT2D eigenvalue weighted by Crippen LogP contribution is -2.26. The fourth-order valence-corrected chi connectivity index (χ4v) is 3.18. The first-order valence-corrected chi connectivity index (χ1v) is 9.70. The third kappa shape index (κ3) is 4.98. The summed E-state index contributed by atoms with van der Waals surface area (Å²) in [6.45, 7) is 4.68. The molecule has 2 aromatic rings. The first kappa shape index (κ1) is 20.1. The van der Waals surface area contributed by atoms with E-state index in [0.717, 1.165) is 24.2 Å². The number of esters is 1. The number of carbonyl (C=O) groups is 2. The topological polar surface area (TPSA) is 108 Å². The Kier molecular flexibility index (Phi) is 7.18. The summed E-state index contributed by atoms with van der Waals surface area (Å²) in [5.74, 6) is -0.530. The molecule has 0 saturated carbocycles. The maximum Gasteiger partial charge on any atom is 0.375 e. The van der Waals surface area contributed by atoms with Crippen LogP contribution in [-0.2, 0) is 28.9 Å². The first-order valence-electron chi connectivity index (χ1n) is 9.70. The minimum Gasteiger partial charge on any atom is -0.460 e. The molecule has 0 radical (unpaired) electrons. The molecule has 3 heterocycles. The van der Waals surface area contributed by atoms with E-state index in [1.54, 1.807) is 0 Å². The van der Waals surface area contributed by atoms with Gasteiger partial charge in [-0.3, -0.25) is 9.48 Å². The quantitative estimate of drug-likeness (QED) is 0.591. The molecule has 0 fully saturated rings. The summed E-state index contributed by atoms with van der Waals surface area (Å²) in [4.78, 5) is 28.2. The van der Waals surface area contributed by atoms with Gasteiger partial charge in [0.2, 0.25) is 5.76 Å². The predicted octanol–water partition coefficient (Wildman–Crippen LogP) is 1.76. The van der Waals surface area contributed by atoms with E-state index in [9.17, 15) is 9.59 Å². The fraction of sp³-hybridized carbons (Fsp3) is 0.579. The summed E-state index contributed by atoms with van der Waals surface area (Å²) in [7, 11) is 0. The van der Waals surface area contributed by atoms with E-state index in [4.69, 9.17) is 13.9 Å². The molecule has 0 aliphatic carbocycles. The van der Waals surface area contributed by atoms with Crippen molar-refractivity contribution in [1.82, 2.24) is 20.1 Å². The second-order valence-electron chi connectivity index (χ2n) is 6.53. The van der Waals surface area contributed by atoms with E-state index in [2.05, 4.69) is 15.4 Å². The van der Waals surface area contributed by atoms with E-state index in [1.807, 2.05) is 11.6 Å². The number of aryl methyl sites for hydroxylation is 2. The number of rotatable bonds is 6. The van der Waals surface area contributed by atoms with Crippen LogP contribution in [0.15, 0.2) is 17.0 Å². The van der Waals surface area contributed by atoms with Gasteiger partial charge < -0.3 is 19.2 Å². The standard InChI is InChI=1S/C19H26N4O5/c1-2-14-17-15(6-3-9-26-10-4-7-21-18(17)24)23(22-14)8-5-11-27-19(25)16-12-20-13-28-16/h12-13H,2-11H2,1H3,(H,21,24). The van der Waals surface area contributed by atoms with Crippen molar-refractivity contribution in [2.75, 3.05) is 26.4 Å². The van der Waals surface area contributed by atoms with Crippen LogP contribution >= 0.6 is 0 Å². The van der Waals surface area contributed by atoms with Crippen molar-refractivity contribution in [3.8, 4) is 0 Å². The van der Waals surface area contributed by atoms with Crippen molar-refractivity contribution in [2.24, 2.45) is 0 Å². The summed E-state index contributed by atoms with van der Waals surface area (Å²) in [6.07, 6.45) is 6.11. The highest BCUT2D eigenvalue weighted by Crippen LogP contribution is 2.19. The molecule has 1 N–H and O–H groups in total. The van der Waals surface area contributed by atoms with Gasteiger partial charge in [0, 0.05) is 32.7 Å². The molecule has 1 amide bonds. The molecule has 0 atom stereocenters. The predicted molar refractivity (Wildman–Crippen MR) is 99.1 cm³/mol. The van der Waals surface area contributed by atoms with Crippen LogP contribution in [0.25, 0.3) is 0 Å². The largest absolute Gasteiger partial charge is 0.460 e. The molecule has 0 unspecified atom stereocenters. The highest BCUT2D eigenvalue weighted by atomic mass is 16.5. The van der Waals surface area contributed by atoms with Gasteiger partial charge in [0.25, 0.3) is 5.91 Å². The maximum atomic E-state index is 12.7. The van der Waals surface area contributed by atoms with Gasteiger partial charge in [-0.05, 0) is 25.7 Å². The van der Waals surface area contributed by atoms with E-state index >= 15 is 0 Å². The average Bonchev–Trinajstić information content (AvgIpc) is 3.34. The van der Waals surface area contributed by atoms with Crippen molar-refractivity contribution in [3.05, 3.63) is 35.3 Å². The minimum absolute atomic E-state index is 0.0725. The van der Waals surface area contributed by atoms with Crippen LogP contribution in [0.3, 0.4) is 0 Å². The molecular formula is C19H26N4O5. The molecule has 1 aliphatic heterocycles. The highest BCUT2D eigenvalue weighted by molar-refractivity contribution is 5.96.